The lowest BCUT2D eigenvalue weighted by Crippen LogP contribution is -2.28. The van der Waals surface area contributed by atoms with Crippen molar-refractivity contribution >= 4 is 11.8 Å². The zero-order chi connectivity index (χ0) is 10.7. The number of carboxylic acids is 1. The van der Waals surface area contributed by atoms with Crippen LogP contribution in [0, 0.1) is 0 Å². The van der Waals surface area contributed by atoms with E-state index in [-0.39, 0.29) is 11.4 Å². The van der Waals surface area contributed by atoms with Crippen LogP contribution >= 0.6 is 0 Å². The molecule has 0 amide bonds. The summed E-state index contributed by atoms with van der Waals surface area (Å²) < 4.78 is 0. The monoisotopic (exact) mass is 198 g/mol. The Morgan fingerprint density at radius 3 is 2.64 bits per heavy atom. The second-order valence-electron chi connectivity index (χ2n) is 2.71. The smallest absolute Gasteiger partial charge is 0.335 e. The molecule has 0 fully saturated rings. The fourth-order valence-electron chi connectivity index (χ4n) is 0.985. The summed E-state index contributed by atoms with van der Waals surface area (Å²) in [6, 6.07) is 2.89. The molecule has 1 aromatic heterocycles. The molecule has 0 aliphatic rings. The van der Waals surface area contributed by atoms with E-state index in [9.17, 15) is 9.90 Å². The van der Waals surface area contributed by atoms with Crippen LogP contribution in [0.2, 0.25) is 0 Å². The van der Waals surface area contributed by atoms with Crippen molar-refractivity contribution in [1.82, 2.24) is 4.98 Å². The first-order valence-electron chi connectivity index (χ1n) is 3.83. The van der Waals surface area contributed by atoms with Crippen LogP contribution in [0.5, 0.6) is 0 Å². The number of aliphatic hydroxyl groups excluding tert-OH is 2. The standard InChI is InChI=1S/C8H10N2O4/c9-7-4(2-1-3-10-7)5(11)6(12)8(13)14/h1-3,5-6,11-12H,(H2,9,10)(H,13,14). The van der Waals surface area contributed by atoms with Crippen LogP contribution < -0.4 is 5.73 Å². The van der Waals surface area contributed by atoms with Crippen LogP contribution in [0.3, 0.4) is 0 Å². The number of aliphatic hydroxyl groups is 2. The summed E-state index contributed by atoms with van der Waals surface area (Å²) in [5, 5.41) is 26.9. The van der Waals surface area contributed by atoms with E-state index in [0.29, 0.717) is 0 Å². The molecule has 6 heteroatoms. The molecule has 2 unspecified atom stereocenters. The van der Waals surface area contributed by atoms with Gasteiger partial charge in [-0.25, -0.2) is 9.78 Å². The number of carboxylic acid groups (broad SMARTS) is 1. The van der Waals surface area contributed by atoms with Gasteiger partial charge in [-0.1, -0.05) is 6.07 Å². The number of nitrogens with two attached hydrogens (primary N) is 1. The van der Waals surface area contributed by atoms with Crippen LogP contribution in [0.25, 0.3) is 0 Å². The van der Waals surface area contributed by atoms with Gasteiger partial charge in [0.1, 0.15) is 11.9 Å². The molecule has 0 spiro atoms. The highest BCUT2D eigenvalue weighted by Crippen LogP contribution is 2.20. The van der Waals surface area contributed by atoms with Gasteiger partial charge in [0.15, 0.2) is 6.10 Å². The van der Waals surface area contributed by atoms with Gasteiger partial charge in [-0.15, -0.1) is 0 Å². The Balaban J connectivity index is 2.94. The van der Waals surface area contributed by atoms with Crippen LogP contribution in [0.1, 0.15) is 11.7 Å². The molecule has 0 aliphatic heterocycles. The van der Waals surface area contributed by atoms with Crippen molar-refractivity contribution in [3.05, 3.63) is 23.9 Å². The fraction of sp³-hybridized carbons (Fsp3) is 0.250. The first-order chi connectivity index (χ1) is 6.54. The third-order valence-electron chi connectivity index (χ3n) is 1.74. The lowest BCUT2D eigenvalue weighted by Gasteiger charge is -2.15. The minimum atomic E-state index is -1.90. The van der Waals surface area contributed by atoms with Gasteiger partial charge in [0.25, 0.3) is 0 Å². The topological polar surface area (TPSA) is 117 Å². The average Bonchev–Trinajstić information content (AvgIpc) is 2.16. The minimum absolute atomic E-state index is 0.000278. The van der Waals surface area contributed by atoms with Gasteiger partial charge >= 0.3 is 5.97 Å². The quantitative estimate of drug-likeness (QED) is 0.502. The highest BCUT2D eigenvalue weighted by Gasteiger charge is 2.26. The third kappa shape index (κ3) is 1.98. The largest absolute Gasteiger partial charge is 0.479 e. The van der Waals surface area contributed by atoms with Crippen molar-refractivity contribution in [3.8, 4) is 0 Å². The van der Waals surface area contributed by atoms with Crippen molar-refractivity contribution in [3.63, 3.8) is 0 Å². The average molecular weight is 198 g/mol. The van der Waals surface area contributed by atoms with Gasteiger partial charge in [-0.3, -0.25) is 0 Å². The molecule has 0 saturated carbocycles. The normalized spacial score (nSPS) is 14.7. The van der Waals surface area contributed by atoms with Crippen LogP contribution in [0.15, 0.2) is 18.3 Å². The SMILES string of the molecule is Nc1ncccc1C(O)C(O)C(=O)O. The van der Waals surface area contributed by atoms with E-state index in [2.05, 4.69) is 4.98 Å². The van der Waals surface area contributed by atoms with Crippen LogP contribution in [-0.2, 0) is 4.79 Å². The summed E-state index contributed by atoms with van der Waals surface area (Å²) in [5.41, 5.74) is 5.48. The molecule has 0 radical (unpaired) electrons. The lowest BCUT2D eigenvalue weighted by molar-refractivity contribution is -0.153. The predicted molar refractivity (Wildman–Crippen MR) is 47.3 cm³/mol. The second kappa shape index (κ2) is 4.03. The molecule has 1 rings (SSSR count). The van der Waals surface area contributed by atoms with Gasteiger partial charge in [-0.05, 0) is 6.07 Å². The van der Waals surface area contributed by atoms with E-state index in [1.54, 1.807) is 0 Å². The Labute approximate surface area is 79.6 Å². The highest BCUT2D eigenvalue weighted by molar-refractivity contribution is 5.73. The molecule has 2 atom stereocenters. The molecule has 1 heterocycles. The molecule has 14 heavy (non-hydrogen) atoms. The van der Waals surface area contributed by atoms with Crippen LogP contribution in [0.4, 0.5) is 5.82 Å². The molecule has 76 valence electrons. The number of pyridine rings is 1. The number of aliphatic carboxylic acids is 1. The van der Waals surface area contributed by atoms with Crippen molar-refractivity contribution in [2.24, 2.45) is 0 Å². The van der Waals surface area contributed by atoms with E-state index in [4.69, 9.17) is 15.9 Å². The van der Waals surface area contributed by atoms with Gasteiger partial charge in [0.05, 0.1) is 0 Å². The maximum Gasteiger partial charge on any atom is 0.335 e. The fourth-order valence-corrected chi connectivity index (χ4v) is 0.985. The Kier molecular flexibility index (Phi) is 3.00. The molecule has 5 N–H and O–H groups in total. The van der Waals surface area contributed by atoms with Crippen molar-refractivity contribution < 1.29 is 20.1 Å². The van der Waals surface area contributed by atoms with Crippen molar-refractivity contribution in [1.29, 1.82) is 0 Å². The first-order valence-corrected chi connectivity index (χ1v) is 3.83. The maximum absolute atomic E-state index is 10.4. The number of nitrogens with zero attached hydrogens (tertiary/aromatic N) is 1. The summed E-state index contributed by atoms with van der Waals surface area (Å²) in [6.45, 7) is 0. The molecular weight excluding hydrogens is 188 g/mol. The van der Waals surface area contributed by atoms with Crippen molar-refractivity contribution in [2.45, 2.75) is 12.2 Å². The molecule has 0 aliphatic carbocycles. The zero-order valence-electron chi connectivity index (χ0n) is 7.16. The van der Waals surface area contributed by atoms with Gasteiger partial charge in [0, 0.05) is 11.8 Å². The second-order valence-corrected chi connectivity index (χ2v) is 2.71. The van der Waals surface area contributed by atoms with Gasteiger partial charge < -0.3 is 21.1 Å². The van der Waals surface area contributed by atoms with E-state index < -0.39 is 18.2 Å². The van der Waals surface area contributed by atoms with Crippen molar-refractivity contribution in [2.75, 3.05) is 5.73 Å². The molecule has 6 nitrogen and oxygen atoms in total. The summed E-state index contributed by atoms with van der Waals surface area (Å²) >= 11 is 0. The Morgan fingerprint density at radius 2 is 2.14 bits per heavy atom. The number of hydrogen-bond acceptors (Lipinski definition) is 5. The molecule has 0 aromatic carbocycles. The molecular formula is C8H10N2O4. The number of carbonyl (C=O) groups is 1. The first kappa shape index (κ1) is 10.4. The third-order valence-corrected chi connectivity index (χ3v) is 1.74. The van der Waals surface area contributed by atoms with Crippen LogP contribution in [-0.4, -0.2) is 32.4 Å². The van der Waals surface area contributed by atoms with E-state index in [1.807, 2.05) is 0 Å². The van der Waals surface area contributed by atoms with E-state index >= 15 is 0 Å². The zero-order valence-corrected chi connectivity index (χ0v) is 7.16. The van der Waals surface area contributed by atoms with Gasteiger partial charge in [-0.2, -0.15) is 0 Å². The Hall–Kier alpha value is -1.66. The molecule has 0 bridgehead atoms. The highest BCUT2D eigenvalue weighted by atomic mass is 16.4. The Bertz CT molecular complexity index is 342. The van der Waals surface area contributed by atoms with Gasteiger partial charge in [0.2, 0.25) is 0 Å². The summed E-state index contributed by atoms with van der Waals surface area (Å²) in [5.74, 6) is -1.51. The predicted octanol–water partition coefficient (Wildman–Crippen LogP) is -0.857. The summed E-state index contributed by atoms with van der Waals surface area (Å²) in [6.07, 6.45) is -2.07. The minimum Gasteiger partial charge on any atom is -0.479 e. The number of aromatic nitrogens is 1. The summed E-state index contributed by atoms with van der Waals surface area (Å²) in [7, 11) is 0. The Morgan fingerprint density at radius 1 is 1.50 bits per heavy atom. The molecule has 0 saturated heterocycles. The van der Waals surface area contributed by atoms with E-state index in [0.717, 1.165) is 0 Å². The van der Waals surface area contributed by atoms with E-state index in [1.165, 1.54) is 18.3 Å². The summed E-state index contributed by atoms with van der Waals surface area (Å²) in [4.78, 5) is 14.0. The number of rotatable bonds is 3. The number of hydrogen-bond donors (Lipinski definition) is 4. The lowest BCUT2D eigenvalue weighted by atomic mass is 10.1. The molecule has 1 aromatic rings. The maximum atomic E-state index is 10.4. The number of nitrogen functional groups attached to an aromatic ring is 1. The number of anilines is 1.